The minimum atomic E-state index is 0. The van der Waals surface area contributed by atoms with Gasteiger partial charge in [-0.15, -0.1) is 13.3 Å². The molecule has 83 valence electrons. The van der Waals surface area contributed by atoms with Gasteiger partial charge in [0.05, 0.1) is 0 Å². The second-order valence-corrected chi connectivity index (χ2v) is 3.80. The van der Waals surface area contributed by atoms with E-state index in [0.717, 1.165) is 6.42 Å². The van der Waals surface area contributed by atoms with Gasteiger partial charge in [-0.05, 0) is 0 Å². The van der Waals surface area contributed by atoms with Crippen molar-refractivity contribution >= 4 is 0 Å². The van der Waals surface area contributed by atoms with Gasteiger partial charge in [-0.25, -0.2) is 17.7 Å². The summed E-state index contributed by atoms with van der Waals surface area (Å²) in [6.45, 7) is 8.67. The molecule has 1 unspecified atom stereocenters. The Labute approximate surface area is 104 Å². The molecule has 0 amide bonds. The summed E-state index contributed by atoms with van der Waals surface area (Å²) >= 11 is 0. The van der Waals surface area contributed by atoms with Crippen molar-refractivity contribution in [2.24, 2.45) is 5.92 Å². The van der Waals surface area contributed by atoms with E-state index in [1.807, 2.05) is 12.2 Å². The van der Waals surface area contributed by atoms with Gasteiger partial charge < -0.3 is 0 Å². The zero-order valence-corrected chi connectivity index (χ0v) is 10.9. The van der Waals surface area contributed by atoms with Gasteiger partial charge in [0.15, 0.2) is 0 Å². The predicted octanol–water partition coefficient (Wildman–Crippen LogP) is 4.03. The predicted molar refractivity (Wildman–Crippen MR) is 61.5 cm³/mol. The average molecular weight is 245 g/mol. The van der Waals surface area contributed by atoms with E-state index in [-0.39, 0.29) is 16.8 Å². The first-order chi connectivity index (χ1) is 6.63. The van der Waals surface area contributed by atoms with E-state index in [9.17, 15) is 0 Å². The second kappa shape index (κ2) is 6.86. The fraction of sp³-hybridized carbons (Fsp3) is 0.429. The first-order valence-electron chi connectivity index (χ1n) is 5.12. The van der Waals surface area contributed by atoms with E-state index in [2.05, 4.69) is 45.9 Å². The summed E-state index contributed by atoms with van der Waals surface area (Å²) in [6, 6.07) is 0. The maximum absolute atomic E-state index is 3.36. The third-order valence-corrected chi connectivity index (χ3v) is 2.82. The van der Waals surface area contributed by atoms with Crippen LogP contribution in [0.25, 0.3) is 0 Å². The van der Waals surface area contributed by atoms with E-state index in [1.54, 1.807) is 0 Å². The van der Waals surface area contributed by atoms with Crippen molar-refractivity contribution in [3.63, 3.8) is 0 Å². The quantitative estimate of drug-likeness (QED) is 0.565. The van der Waals surface area contributed by atoms with Crippen molar-refractivity contribution in [3.05, 3.63) is 47.1 Å². The van der Waals surface area contributed by atoms with Gasteiger partial charge in [0.25, 0.3) is 0 Å². The number of rotatable bonds is 0. The smallest absolute Gasteiger partial charge is 0.273 e. The topological polar surface area (TPSA) is 0 Å². The molecule has 0 aliphatic heterocycles. The molecule has 0 bridgehead atoms. The Hall–Kier alpha value is -0.534. The van der Waals surface area contributed by atoms with Crippen LogP contribution >= 0.6 is 0 Å². The molecular formula is C14H18Co. The third-order valence-electron chi connectivity index (χ3n) is 2.82. The summed E-state index contributed by atoms with van der Waals surface area (Å²) in [5, 5.41) is 0. The summed E-state index contributed by atoms with van der Waals surface area (Å²) < 4.78 is 0. The van der Waals surface area contributed by atoms with Crippen LogP contribution in [0.2, 0.25) is 0 Å². The Bertz CT molecular complexity index is 306. The summed E-state index contributed by atoms with van der Waals surface area (Å²) in [6.07, 6.45) is 13.4. The number of allylic oxidation sites excluding steroid dienone is 8. The third kappa shape index (κ3) is 4.23. The number of hydrogen-bond acceptors (Lipinski definition) is 0. The summed E-state index contributed by atoms with van der Waals surface area (Å²) in [4.78, 5) is 0. The van der Waals surface area contributed by atoms with Crippen molar-refractivity contribution in [1.29, 1.82) is 0 Å². The molecule has 15 heavy (non-hydrogen) atoms. The van der Waals surface area contributed by atoms with E-state index in [1.165, 1.54) is 16.7 Å². The zero-order valence-electron chi connectivity index (χ0n) is 9.85. The van der Waals surface area contributed by atoms with Crippen molar-refractivity contribution in [3.8, 4) is 0 Å². The summed E-state index contributed by atoms with van der Waals surface area (Å²) in [5.74, 6) is 0.560. The Morgan fingerprint density at radius 3 is 2.07 bits per heavy atom. The van der Waals surface area contributed by atoms with Gasteiger partial charge in [0.1, 0.15) is 0 Å². The van der Waals surface area contributed by atoms with Crippen LogP contribution in [0, 0.1) is 18.1 Å². The summed E-state index contributed by atoms with van der Waals surface area (Å²) in [7, 11) is 0. The first kappa shape index (κ1) is 14.5. The Kier molecular flexibility index (Phi) is 6.62. The van der Waals surface area contributed by atoms with Gasteiger partial charge in [-0.2, -0.15) is 17.2 Å². The van der Waals surface area contributed by atoms with E-state index >= 15 is 0 Å². The zero-order chi connectivity index (χ0) is 10.6. The molecule has 0 saturated heterocycles. The molecule has 0 aromatic heterocycles. The standard InChI is InChI=1S/C9H13.C5H5.Co/c1-6-5-7(2)9(4)8(6)3;1-2-4-5-3-1;/h6H,1-4H3;1-3H,4H2;/q2*-1;+2. The van der Waals surface area contributed by atoms with Crippen LogP contribution in [0.4, 0.5) is 0 Å². The van der Waals surface area contributed by atoms with E-state index < -0.39 is 0 Å². The van der Waals surface area contributed by atoms with Crippen LogP contribution in [0.1, 0.15) is 34.1 Å². The molecular weight excluding hydrogens is 227 g/mol. The number of hydrogen-bond donors (Lipinski definition) is 0. The van der Waals surface area contributed by atoms with Crippen molar-refractivity contribution in [2.75, 3.05) is 0 Å². The Balaban J connectivity index is 0.000000280. The molecule has 0 N–H and O–H groups in total. The summed E-state index contributed by atoms with van der Waals surface area (Å²) in [5.41, 5.74) is 4.25. The van der Waals surface area contributed by atoms with E-state index in [0.29, 0.717) is 5.92 Å². The van der Waals surface area contributed by atoms with Gasteiger partial charge in [-0.3, -0.25) is 12.2 Å². The van der Waals surface area contributed by atoms with Gasteiger partial charge >= 0.3 is 16.8 Å². The molecule has 2 aliphatic carbocycles. The van der Waals surface area contributed by atoms with Gasteiger partial charge in [-0.1, -0.05) is 26.7 Å². The van der Waals surface area contributed by atoms with Crippen molar-refractivity contribution in [2.45, 2.75) is 34.1 Å². The molecule has 0 saturated carbocycles. The average Bonchev–Trinajstić information content (AvgIpc) is 2.78. The molecule has 0 heterocycles. The van der Waals surface area contributed by atoms with E-state index in [4.69, 9.17) is 0 Å². The van der Waals surface area contributed by atoms with Crippen molar-refractivity contribution in [1.82, 2.24) is 0 Å². The fourth-order valence-corrected chi connectivity index (χ4v) is 1.50. The van der Waals surface area contributed by atoms with Crippen LogP contribution < -0.4 is 0 Å². The Morgan fingerprint density at radius 1 is 1.27 bits per heavy atom. The molecule has 1 radical (unpaired) electrons. The van der Waals surface area contributed by atoms with Crippen LogP contribution in [-0.2, 0) is 16.8 Å². The minimum Gasteiger partial charge on any atom is -0.273 e. The van der Waals surface area contributed by atoms with Crippen LogP contribution in [0.3, 0.4) is 0 Å². The molecule has 0 spiro atoms. The molecule has 0 aromatic carbocycles. The molecule has 1 heteroatoms. The second-order valence-electron chi connectivity index (χ2n) is 3.80. The van der Waals surface area contributed by atoms with Gasteiger partial charge in [0.2, 0.25) is 0 Å². The monoisotopic (exact) mass is 245 g/mol. The maximum Gasteiger partial charge on any atom is 2.00 e. The maximum atomic E-state index is 3.36. The first-order valence-corrected chi connectivity index (χ1v) is 5.12. The molecule has 0 nitrogen and oxygen atoms in total. The van der Waals surface area contributed by atoms with Crippen LogP contribution in [0.15, 0.2) is 34.9 Å². The molecule has 0 aromatic rings. The largest absolute Gasteiger partial charge is 2.00 e. The van der Waals surface area contributed by atoms with Crippen LogP contribution in [-0.4, -0.2) is 0 Å². The van der Waals surface area contributed by atoms with Gasteiger partial charge in [0, 0.05) is 0 Å². The fourth-order valence-electron chi connectivity index (χ4n) is 1.50. The van der Waals surface area contributed by atoms with Crippen LogP contribution in [0.5, 0.6) is 0 Å². The molecule has 1 atom stereocenters. The van der Waals surface area contributed by atoms with Crippen molar-refractivity contribution < 1.29 is 16.8 Å². The molecule has 0 fully saturated rings. The Morgan fingerprint density at radius 2 is 1.93 bits per heavy atom. The SMILES string of the molecule is CC1=[C-]C(C)C(C)=C1C.[C-]1=CC=CC1.[Co+2]. The molecule has 2 aliphatic rings. The minimum absolute atomic E-state index is 0. The molecule has 2 rings (SSSR count). The normalized spacial score (nSPS) is 22.1.